The fourth-order valence-corrected chi connectivity index (χ4v) is 2.45. The van der Waals surface area contributed by atoms with Crippen molar-refractivity contribution in [2.75, 3.05) is 26.1 Å². The molecule has 0 radical (unpaired) electrons. The number of anilines is 1. The van der Waals surface area contributed by atoms with Gasteiger partial charge in [-0.2, -0.15) is 15.2 Å². The summed E-state index contributed by atoms with van der Waals surface area (Å²) in [6.45, 7) is 1.19. The Kier molecular flexibility index (Phi) is 4.97. The fourth-order valence-electron chi connectivity index (χ4n) is 2.30. The molecule has 0 aliphatic rings. The highest BCUT2D eigenvalue weighted by atomic mass is 35.5. The van der Waals surface area contributed by atoms with Crippen molar-refractivity contribution in [2.24, 2.45) is 0 Å². The van der Waals surface area contributed by atoms with Crippen LogP contribution in [0.2, 0.25) is 5.02 Å². The minimum Gasteiger partial charge on any atom is -0.461 e. The summed E-state index contributed by atoms with van der Waals surface area (Å²) in [6, 6.07) is 7.49. The van der Waals surface area contributed by atoms with Crippen LogP contribution in [0.15, 0.2) is 24.5 Å². The van der Waals surface area contributed by atoms with Crippen LogP contribution in [0.25, 0.3) is 11.2 Å². The second-order valence-electron chi connectivity index (χ2n) is 5.20. The number of nitrogen functional groups attached to an aromatic ring is 1. The maximum atomic E-state index is 9.10. The number of hydrogen-bond donors (Lipinski definition) is 1. The molecule has 3 aromatic rings. The summed E-state index contributed by atoms with van der Waals surface area (Å²) < 4.78 is 12.2. The van der Waals surface area contributed by atoms with Gasteiger partial charge in [0.25, 0.3) is 0 Å². The van der Waals surface area contributed by atoms with Crippen molar-refractivity contribution in [1.82, 2.24) is 19.5 Å². The molecule has 9 heteroatoms. The van der Waals surface area contributed by atoms with Gasteiger partial charge < -0.3 is 19.8 Å². The standard InChI is InChI=1S/C16H15ClN6O2/c1-24-4-5-25-16-21-14(19)13-15(22-16)23(9-20-13)8-10-2-3-12(17)11(6-10)7-18/h2-3,6,9H,4-5,8H2,1H3,(H2,19,21,22). The number of benzene rings is 1. The Morgan fingerprint density at radius 2 is 2.16 bits per heavy atom. The van der Waals surface area contributed by atoms with E-state index >= 15 is 0 Å². The maximum absolute atomic E-state index is 9.10. The van der Waals surface area contributed by atoms with Crippen molar-refractivity contribution in [2.45, 2.75) is 6.54 Å². The minimum atomic E-state index is 0.164. The molecule has 25 heavy (non-hydrogen) atoms. The number of imidazole rings is 1. The molecule has 0 unspecified atom stereocenters. The van der Waals surface area contributed by atoms with E-state index in [0.717, 1.165) is 5.56 Å². The predicted octanol–water partition coefficient (Wildman–Crippen LogP) is 2.01. The molecule has 0 bridgehead atoms. The van der Waals surface area contributed by atoms with Gasteiger partial charge in [-0.1, -0.05) is 17.7 Å². The van der Waals surface area contributed by atoms with Crippen molar-refractivity contribution in [3.05, 3.63) is 40.7 Å². The molecule has 0 saturated carbocycles. The lowest BCUT2D eigenvalue weighted by Gasteiger charge is -2.08. The Balaban J connectivity index is 1.92. The zero-order valence-electron chi connectivity index (χ0n) is 13.4. The third-order valence-electron chi connectivity index (χ3n) is 3.49. The number of nitrogens with two attached hydrogens (primary N) is 1. The van der Waals surface area contributed by atoms with Crippen molar-refractivity contribution in [1.29, 1.82) is 5.26 Å². The molecule has 2 aromatic heterocycles. The first-order chi connectivity index (χ1) is 12.1. The molecule has 2 N–H and O–H groups in total. The number of rotatable bonds is 6. The van der Waals surface area contributed by atoms with Gasteiger partial charge in [-0.3, -0.25) is 0 Å². The summed E-state index contributed by atoms with van der Waals surface area (Å²) in [7, 11) is 1.58. The van der Waals surface area contributed by atoms with Gasteiger partial charge in [-0.05, 0) is 17.7 Å². The molecule has 0 aliphatic carbocycles. The summed E-state index contributed by atoms with van der Waals surface area (Å²) in [6.07, 6.45) is 1.62. The Labute approximate surface area is 148 Å². The average Bonchev–Trinajstić information content (AvgIpc) is 3.00. The molecule has 0 spiro atoms. The fraction of sp³-hybridized carbons (Fsp3) is 0.250. The Hall–Kier alpha value is -2.89. The van der Waals surface area contributed by atoms with E-state index in [4.69, 9.17) is 32.1 Å². The largest absolute Gasteiger partial charge is 0.461 e. The molecule has 128 valence electrons. The van der Waals surface area contributed by atoms with Crippen LogP contribution >= 0.6 is 11.6 Å². The molecule has 1 aromatic carbocycles. The van der Waals surface area contributed by atoms with Crippen LogP contribution in [0.3, 0.4) is 0 Å². The molecule has 0 aliphatic heterocycles. The predicted molar refractivity (Wildman–Crippen MR) is 92.4 cm³/mol. The van der Waals surface area contributed by atoms with Gasteiger partial charge in [0.05, 0.1) is 30.1 Å². The lowest BCUT2D eigenvalue weighted by Crippen LogP contribution is -2.09. The summed E-state index contributed by atoms with van der Waals surface area (Å²) in [5.74, 6) is 0.241. The summed E-state index contributed by atoms with van der Waals surface area (Å²) in [5, 5.41) is 9.52. The number of nitriles is 1. The van der Waals surface area contributed by atoms with Crippen molar-refractivity contribution in [3.63, 3.8) is 0 Å². The van der Waals surface area contributed by atoms with Crippen molar-refractivity contribution in [3.8, 4) is 12.1 Å². The lowest BCUT2D eigenvalue weighted by atomic mass is 10.1. The van der Waals surface area contributed by atoms with E-state index in [1.54, 1.807) is 30.1 Å². The Bertz CT molecular complexity index is 950. The quantitative estimate of drug-likeness (QED) is 0.670. The zero-order chi connectivity index (χ0) is 17.8. The van der Waals surface area contributed by atoms with Crippen LogP contribution in [-0.4, -0.2) is 39.8 Å². The third kappa shape index (κ3) is 3.63. The van der Waals surface area contributed by atoms with Crippen LogP contribution in [0.4, 0.5) is 5.82 Å². The van der Waals surface area contributed by atoms with Gasteiger partial charge in [-0.15, -0.1) is 0 Å². The van der Waals surface area contributed by atoms with E-state index in [-0.39, 0.29) is 11.8 Å². The van der Waals surface area contributed by atoms with E-state index in [0.29, 0.717) is 41.5 Å². The number of hydrogen-bond acceptors (Lipinski definition) is 7. The first kappa shape index (κ1) is 17.0. The van der Waals surface area contributed by atoms with Crippen LogP contribution in [0.1, 0.15) is 11.1 Å². The molecule has 0 atom stereocenters. The van der Waals surface area contributed by atoms with Crippen LogP contribution in [0.5, 0.6) is 6.01 Å². The Morgan fingerprint density at radius 3 is 2.92 bits per heavy atom. The molecular weight excluding hydrogens is 344 g/mol. The molecule has 3 rings (SSSR count). The van der Waals surface area contributed by atoms with Crippen molar-refractivity contribution >= 4 is 28.6 Å². The van der Waals surface area contributed by atoms with E-state index < -0.39 is 0 Å². The smallest absolute Gasteiger partial charge is 0.320 e. The van der Waals surface area contributed by atoms with Crippen molar-refractivity contribution < 1.29 is 9.47 Å². The number of ether oxygens (including phenoxy) is 2. The van der Waals surface area contributed by atoms with Crippen LogP contribution < -0.4 is 10.5 Å². The normalized spacial score (nSPS) is 10.8. The molecule has 0 fully saturated rings. The summed E-state index contributed by atoms with van der Waals surface area (Å²) >= 11 is 5.97. The van der Waals surface area contributed by atoms with Gasteiger partial charge >= 0.3 is 6.01 Å². The monoisotopic (exact) mass is 358 g/mol. The summed E-state index contributed by atoms with van der Waals surface area (Å²) in [4.78, 5) is 12.7. The van der Waals surface area contributed by atoms with Gasteiger partial charge in [0.15, 0.2) is 17.0 Å². The molecule has 0 saturated heterocycles. The van der Waals surface area contributed by atoms with E-state index in [2.05, 4.69) is 21.0 Å². The number of nitrogens with zero attached hydrogens (tertiary/aromatic N) is 5. The SMILES string of the molecule is COCCOc1nc(N)c2ncn(Cc3ccc(Cl)c(C#N)c3)c2n1. The molecular formula is C16H15ClN6O2. The minimum absolute atomic E-state index is 0.164. The Morgan fingerprint density at radius 1 is 1.32 bits per heavy atom. The third-order valence-corrected chi connectivity index (χ3v) is 3.82. The molecule has 2 heterocycles. The number of fused-ring (bicyclic) bond motifs is 1. The number of aromatic nitrogens is 4. The second-order valence-corrected chi connectivity index (χ2v) is 5.61. The number of methoxy groups -OCH3 is 1. The second kappa shape index (κ2) is 7.34. The van der Waals surface area contributed by atoms with E-state index in [1.165, 1.54) is 0 Å². The van der Waals surface area contributed by atoms with Gasteiger partial charge in [0, 0.05) is 7.11 Å². The lowest BCUT2D eigenvalue weighted by molar-refractivity contribution is 0.141. The first-order valence-electron chi connectivity index (χ1n) is 7.41. The zero-order valence-corrected chi connectivity index (χ0v) is 14.2. The average molecular weight is 359 g/mol. The first-order valence-corrected chi connectivity index (χ1v) is 7.78. The highest BCUT2D eigenvalue weighted by Gasteiger charge is 2.13. The topological polar surface area (TPSA) is 112 Å². The van der Waals surface area contributed by atoms with E-state index in [9.17, 15) is 0 Å². The van der Waals surface area contributed by atoms with Crippen LogP contribution in [0, 0.1) is 11.3 Å². The van der Waals surface area contributed by atoms with Gasteiger partial charge in [0.1, 0.15) is 12.7 Å². The molecule has 8 nitrogen and oxygen atoms in total. The van der Waals surface area contributed by atoms with Gasteiger partial charge in [0.2, 0.25) is 0 Å². The van der Waals surface area contributed by atoms with Gasteiger partial charge in [-0.25, -0.2) is 4.98 Å². The highest BCUT2D eigenvalue weighted by molar-refractivity contribution is 6.31. The summed E-state index contributed by atoms with van der Waals surface area (Å²) in [5.41, 5.74) is 8.28. The van der Waals surface area contributed by atoms with Crippen LogP contribution in [-0.2, 0) is 11.3 Å². The maximum Gasteiger partial charge on any atom is 0.320 e. The molecule has 0 amide bonds. The van der Waals surface area contributed by atoms with E-state index in [1.807, 2.05) is 6.07 Å². The number of halogens is 1. The highest BCUT2D eigenvalue weighted by Crippen LogP contribution is 2.22.